The highest BCUT2D eigenvalue weighted by molar-refractivity contribution is 5.58. The Morgan fingerprint density at radius 1 is 1.28 bits per heavy atom. The Morgan fingerprint density at radius 2 is 2.07 bits per heavy atom. The number of likely N-dealkylation sites (tertiary alicyclic amines) is 1. The average Bonchev–Trinajstić information content (AvgIpc) is 3.33. The fourth-order valence-electron chi connectivity index (χ4n) is 3.63. The third-order valence-electron chi connectivity index (χ3n) is 5.45. The Hall–Kier alpha value is -3.14. The molecule has 0 bridgehead atoms. The second-order valence-corrected chi connectivity index (χ2v) is 7.90. The number of hydrogen-bond acceptors (Lipinski definition) is 7. The van der Waals surface area contributed by atoms with Gasteiger partial charge >= 0.3 is 5.69 Å². The van der Waals surface area contributed by atoms with Crippen molar-refractivity contribution >= 4 is 17.5 Å². The van der Waals surface area contributed by atoms with Gasteiger partial charge in [0.05, 0.1) is 12.2 Å². The molecule has 3 aromatic rings. The lowest BCUT2D eigenvalue weighted by atomic mass is 10.1. The molecule has 29 heavy (non-hydrogen) atoms. The average molecular weight is 396 g/mol. The first-order valence-electron chi connectivity index (χ1n) is 9.96. The van der Waals surface area contributed by atoms with Crippen LogP contribution in [0.2, 0.25) is 0 Å². The van der Waals surface area contributed by atoms with Crippen molar-refractivity contribution in [2.45, 2.75) is 37.8 Å². The standard InChI is InChI=1S/C19H24N8O2/c1-26-6-4-13(5-7-26)21-15-9-16(22-12-2-3-12)27-17(24-15)11(10-20-27)8-14-18(28)25-19(29)23-14/h8-10,12-13,21,28H,2-7H2,1H3,(H2,23,25,29). The molecule has 0 spiro atoms. The van der Waals surface area contributed by atoms with E-state index in [0.717, 1.165) is 50.1 Å². The highest BCUT2D eigenvalue weighted by atomic mass is 16.3. The smallest absolute Gasteiger partial charge is 0.326 e. The third-order valence-corrected chi connectivity index (χ3v) is 5.45. The fraction of sp³-hybridized carbons (Fsp3) is 0.474. The largest absolute Gasteiger partial charge is 0.493 e. The monoisotopic (exact) mass is 396 g/mol. The van der Waals surface area contributed by atoms with Crippen LogP contribution < -0.4 is 21.7 Å². The van der Waals surface area contributed by atoms with E-state index in [1.807, 2.05) is 6.07 Å². The molecule has 1 saturated carbocycles. The third kappa shape index (κ3) is 3.75. The van der Waals surface area contributed by atoms with Crippen LogP contribution >= 0.6 is 0 Å². The number of piperidine rings is 1. The van der Waals surface area contributed by atoms with Crippen LogP contribution in [0, 0.1) is 0 Å². The summed E-state index contributed by atoms with van der Waals surface area (Å²) in [4.78, 5) is 28.2. The number of rotatable bonds is 4. The van der Waals surface area contributed by atoms with Gasteiger partial charge in [0, 0.05) is 17.3 Å². The van der Waals surface area contributed by atoms with Gasteiger partial charge < -0.3 is 20.3 Å². The highest BCUT2D eigenvalue weighted by Gasteiger charge is 2.21. The van der Waals surface area contributed by atoms with Crippen molar-refractivity contribution < 1.29 is 5.11 Å². The van der Waals surface area contributed by atoms with Gasteiger partial charge in [-0.2, -0.15) is 9.61 Å². The molecule has 2 aliphatic rings. The summed E-state index contributed by atoms with van der Waals surface area (Å²) >= 11 is 0. The van der Waals surface area contributed by atoms with Crippen molar-refractivity contribution in [1.82, 2.24) is 29.5 Å². The van der Waals surface area contributed by atoms with E-state index in [1.54, 1.807) is 16.8 Å². The van der Waals surface area contributed by atoms with Crippen molar-refractivity contribution in [2.24, 2.45) is 4.99 Å². The van der Waals surface area contributed by atoms with E-state index in [9.17, 15) is 9.90 Å². The van der Waals surface area contributed by atoms with Gasteiger partial charge in [0.2, 0.25) is 5.88 Å². The minimum Gasteiger partial charge on any atom is -0.493 e. The second-order valence-electron chi connectivity index (χ2n) is 7.90. The first kappa shape index (κ1) is 17.9. The molecule has 10 heteroatoms. The zero-order valence-electron chi connectivity index (χ0n) is 16.2. The van der Waals surface area contributed by atoms with E-state index in [2.05, 4.69) is 32.3 Å². The summed E-state index contributed by atoms with van der Waals surface area (Å²) in [5.41, 5.74) is 1.22. The van der Waals surface area contributed by atoms with Gasteiger partial charge in [-0.15, -0.1) is 0 Å². The number of aromatic hydroxyl groups is 1. The zero-order valence-corrected chi connectivity index (χ0v) is 16.2. The van der Waals surface area contributed by atoms with Gasteiger partial charge in [0.1, 0.15) is 11.5 Å². The summed E-state index contributed by atoms with van der Waals surface area (Å²) in [7, 11) is 2.14. The predicted octanol–water partition coefficient (Wildman–Crippen LogP) is -0.432. The molecule has 1 aliphatic heterocycles. The lowest BCUT2D eigenvalue weighted by Crippen LogP contribution is -2.37. The van der Waals surface area contributed by atoms with Gasteiger partial charge in [-0.3, -0.25) is 9.98 Å². The normalized spacial score (nSPS) is 20.0. The van der Waals surface area contributed by atoms with Gasteiger partial charge in [-0.25, -0.2) is 9.78 Å². The Morgan fingerprint density at radius 3 is 2.76 bits per heavy atom. The van der Waals surface area contributed by atoms with Gasteiger partial charge in [-0.1, -0.05) is 0 Å². The second kappa shape index (κ2) is 7.03. The summed E-state index contributed by atoms with van der Waals surface area (Å²) in [5, 5.41) is 18.6. The molecule has 1 aliphatic carbocycles. The lowest BCUT2D eigenvalue weighted by molar-refractivity contribution is 0.263. The van der Waals surface area contributed by atoms with Crippen LogP contribution in [0.15, 0.2) is 22.1 Å². The lowest BCUT2D eigenvalue weighted by Gasteiger charge is -2.29. The molecule has 152 valence electrons. The van der Waals surface area contributed by atoms with Crippen molar-refractivity contribution in [3.63, 3.8) is 0 Å². The van der Waals surface area contributed by atoms with Crippen LogP contribution in [0.25, 0.3) is 11.7 Å². The number of aromatic amines is 2. The van der Waals surface area contributed by atoms with Gasteiger partial charge in [0.15, 0.2) is 11.1 Å². The molecular weight excluding hydrogens is 372 g/mol. The molecule has 0 atom stereocenters. The van der Waals surface area contributed by atoms with E-state index in [4.69, 9.17) is 9.98 Å². The quantitative estimate of drug-likeness (QED) is 0.474. The van der Waals surface area contributed by atoms with Gasteiger partial charge in [0.25, 0.3) is 0 Å². The molecule has 0 amide bonds. The predicted molar refractivity (Wildman–Crippen MR) is 108 cm³/mol. The van der Waals surface area contributed by atoms with E-state index < -0.39 is 5.69 Å². The minimum absolute atomic E-state index is 0.210. The number of H-pyrrole nitrogens is 2. The highest BCUT2D eigenvalue weighted by Crippen LogP contribution is 2.22. The molecule has 2 fully saturated rings. The maximum Gasteiger partial charge on any atom is 0.326 e. The van der Waals surface area contributed by atoms with Crippen LogP contribution in [-0.4, -0.2) is 66.8 Å². The molecule has 3 aromatic heterocycles. The van der Waals surface area contributed by atoms with Crippen molar-refractivity contribution in [1.29, 1.82) is 0 Å². The maximum atomic E-state index is 11.4. The number of hydrogen-bond donors (Lipinski definition) is 4. The van der Waals surface area contributed by atoms with E-state index in [-0.39, 0.29) is 5.88 Å². The maximum absolute atomic E-state index is 11.4. The number of aromatic nitrogens is 5. The van der Waals surface area contributed by atoms with Crippen LogP contribution in [0.3, 0.4) is 0 Å². The molecule has 10 nitrogen and oxygen atoms in total. The molecule has 0 unspecified atom stereocenters. The molecule has 1 saturated heterocycles. The van der Waals surface area contributed by atoms with Crippen molar-refractivity contribution in [3.05, 3.63) is 39.1 Å². The fourth-order valence-corrected chi connectivity index (χ4v) is 3.63. The minimum atomic E-state index is -0.466. The number of anilines is 1. The summed E-state index contributed by atoms with van der Waals surface area (Å²) in [6.45, 7) is 2.12. The summed E-state index contributed by atoms with van der Waals surface area (Å²) in [6.07, 6.45) is 7.64. The SMILES string of the molecule is CN1CCC(Nc2cc(=NC3CC3)n3ncc(=Cc4[nH]c(=O)[nH]c4O)c3n2)CC1. The van der Waals surface area contributed by atoms with Crippen molar-refractivity contribution in [3.8, 4) is 5.88 Å². The topological polar surface area (TPSA) is 127 Å². The first-order chi connectivity index (χ1) is 14.0. The molecule has 0 radical (unpaired) electrons. The van der Waals surface area contributed by atoms with E-state index in [1.165, 1.54) is 0 Å². The molecular formula is C19H24N8O2. The van der Waals surface area contributed by atoms with Gasteiger partial charge in [-0.05, 0) is 51.9 Å². The first-order valence-corrected chi connectivity index (χ1v) is 9.96. The van der Waals surface area contributed by atoms with Crippen LogP contribution in [-0.2, 0) is 0 Å². The van der Waals surface area contributed by atoms with E-state index >= 15 is 0 Å². The Balaban J connectivity index is 1.59. The number of fused-ring (bicyclic) bond motifs is 1. The van der Waals surface area contributed by atoms with Crippen LogP contribution in [0.5, 0.6) is 5.88 Å². The summed E-state index contributed by atoms with van der Waals surface area (Å²) in [6, 6.07) is 2.67. The summed E-state index contributed by atoms with van der Waals surface area (Å²) < 4.78 is 1.71. The number of nitrogens with one attached hydrogen (secondary N) is 3. The van der Waals surface area contributed by atoms with Crippen LogP contribution in [0.4, 0.5) is 5.82 Å². The molecule has 0 aromatic carbocycles. The van der Waals surface area contributed by atoms with Crippen LogP contribution in [0.1, 0.15) is 31.4 Å². The molecule has 5 rings (SSSR count). The number of imidazole rings is 1. The summed E-state index contributed by atoms with van der Waals surface area (Å²) in [5.74, 6) is 0.561. The number of nitrogens with zero attached hydrogens (tertiary/aromatic N) is 5. The Kier molecular flexibility index (Phi) is 4.35. The Labute approximate surface area is 166 Å². The Bertz CT molecular complexity index is 1210. The molecule has 4 heterocycles. The zero-order chi connectivity index (χ0) is 20.0. The van der Waals surface area contributed by atoms with Crippen molar-refractivity contribution in [2.75, 3.05) is 25.5 Å². The molecule has 4 N–H and O–H groups in total. The van der Waals surface area contributed by atoms with E-state index in [0.29, 0.717) is 28.6 Å².